The summed E-state index contributed by atoms with van der Waals surface area (Å²) in [5.41, 5.74) is 0.932. The molecule has 5 fully saturated rings. The summed E-state index contributed by atoms with van der Waals surface area (Å²) in [6, 6.07) is 7.95. The van der Waals surface area contributed by atoms with Crippen LogP contribution in [0.15, 0.2) is 29.2 Å². The number of ether oxygens (including phenoxy) is 1. The number of methoxy groups -OCH3 is 1. The quantitative estimate of drug-likeness (QED) is 0.466. The van der Waals surface area contributed by atoms with Gasteiger partial charge in [0.15, 0.2) is 0 Å². The molecule has 0 spiro atoms. The van der Waals surface area contributed by atoms with Crippen LogP contribution in [0, 0.1) is 23.7 Å². The number of hydrogen-bond donors (Lipinski definition) is 1. The lowest BCUT2D eigenvalue weighted by Crippen LogP contribution is -2.55. The van der Waals surface area contributed by atoms with Gasteiger partial charge in [-0.2, -0.15) is 0 Å². The number of benzene rings is 1. The first kappa shape index (κ1) is 22.0. The second-order valence-electron chi connectivity index (χ2n) is 9.73. The van der Waals surface area contributed by atoms with Gasteiger partial charge in [0.05, 0.1) is 12.0 Å². The molecule has 6 rings (SSSR count). The molecule has 32 heavy (non-hydrogen) atoms. The average molecular weight is 471 g/mol. The van der Waals surface area contributed by atoms with Crippen LogP contribution in [0.3, 0.4) is 0 Å². The largest absolute Gasteiger partial charge is 0.497 e. The summed E-state index contributed by atoms with van der Waals surface area (Å²) in [6.45, 7) is 0.486. The number of amides is 2. The Labute approximate surface area is 199 Å². The molecule has 0 radical (unpaired) electrons. The van der Waals surface area contributed by atoms with Crippen LogP contribution < -0.4 is 10.1 Å². The second kappa shape index (κ2) is 9.18. The van der Waals surface area contributed by atoms with Gasteiger partial charge in [-0.05, 0) is 86.0 Å². The lowest BCUT2D eigenvalue weighted by atomic mass is 9.54. The minimum absolute atomic E-state index is 0.0720. The Bertz CT molecular complexity index is 915. The normalized spacial score (nSPS) is 32.1. The van der Waals surface area contributed by atoms with Crippen molar-refractivity contribution in [3.05, 3.63) is 34.7 Å². The summed E-state index contributed by atoms with van der Waals surface area (Å²) in [5.74, 6) is 4.02. The standard InChI is InChI=1S/C25H30N2O3S2/c1-30-20-6-4-15(5-7-20)14-21-24(29)27(25(31)32-21)8-2-3-22(28)26-23-18-10-16-9-17(12-18)13-19(23)11-16/h4-7,14,16-19,23H,2-3,8-13H2,1H3,(H,26,28)/b21-14-. The van der Waals surface area contributed by atoms with Crippen molar-refractivity contribution < 1.29 is 14.3 Å². The Morgan fingerprint density at radius 1 is 1.16 bits per heavy atom. The molecule has 1 aromatic rings. The third-order valence-corrected chi connectivity index (χ3v) is 9.00. The van der Waals surface area contributed by atoms with E-state index < -0.39 is 0 Å². The summed E-state index contributed by atoms with van der Waals surface area (Å²) in [7, 11) is 1.63. The van der Waals surface area contributed by atoms with Gasteiger partial charge in [0.1, 0.15) is 10.1 Å². The van der Waals surface area contributed by atoms with E-state index in [2.05, 4.69) is 5.32 Å². The van der Waals surface area contributed by atoms with Gasteiger partial charge in [-0.15, -0.1) is 0 Å². The van der Waals surface area contributed by atoms with Gasteiger partial charge < -0.3 is 10.1 Å². The lowest BCUT2D eigenvalue weighted by Gasteiger charge is -2.54. The zero-order valence-corrected chi connectivity index (χ0v) is 20.1. The number of hydrogen-bond acceptors (Lipinski definition) is 5. The molecule has 0 aromatic heterocycles. The molecule has 1 aliphatic heterocycles. The van der Waals surface area contributed by atoms with E-state index in [1.807, 2.05) is 30.3 Å². The SMILES string of the molecule is COc1ccc(/C=C2\SC(=S)N(CCCC(=O)NC3C4CC5CC(C4)CC3C5)C2=O)cc1. The molecule has 1 heterocycles. The molecule has 4 bridgehead atoms. The zero-order valence-electron chi connectivity index (χ0n) is 18.4. The first-order valence-corrected chi connectivity index (χ1v) is 12.9. The fourth-order valence-corrected chi connectivity index (χ4v) is 7.67. The summed E-state index contributed by atoms with van der Waals surface area (Å²) in [4.78, 5) is 27.7. The van der Waals surface area contributed by atoms with Crippen LogP contribution >= 0.6 is 24.0 Å². The van der Waals surface area contributed by atoms with Crippen molar-refractivity contribution in [2.75, 3.05) is 13.7 Å². The molecule has 7 heteroatoms. The van der Waals surface area contributed by atoms with Gasteiger partial charge in [-0.3, -0.25) is 14.5 Å². The van der Waals surface area contributed by atoms with Gasteiger partial charge in [-0.1, -0.05) is 36.1 Å². The van der Waals surface area contributed by atoms with Gasteiger partial charge in [0.2, 0.25) is 5.91 Å². The number of nitrogens with one attached hydrogen (secondary N) is 1. The highest BCUT2D eigenvalue weighted by Gasteiger charge is 2.48. The van der Waals surface area contributed by atoms with E-state index in [0.717, 1.165) is 23.1 Å². The first-order valence-electron chi connectivity index (χ1n) is 11.7. The van der Waals surface area contributed by atoms with Gasteiger partial charge in [0, 0.05) is 19.0 Å². The maximum absolute atomic E-state index is 12.8. The van der Waals surface area contributed by atoms with Crippen LogP contribution in [0.2, 0.25) is 0 Å². The highest BCUT2D eigenvalue weighted by molar-refractivity contribution is 8.26. The van der Waals surface area contributed by atoms with E-state index in [0.29, 0.717) is 46.5 Å². The number of thiocarbonyl (C=S) groups is 1. The maximum Gasteiger partial charge on any atom is 0.266 e. The van der Waals surface area contributed by atoms with Crippen LogP contribution in [-0.4, -0.2) is 40.7 Å². The van der Waals surface area contributed by atoms with Crippen molar-refractivity contribution in [2.24, 2.45) is 23.7 Å². The number of rotatable bonds is 7. The van der Waals surface area contributed by atoms with Crippen LogP contribution in [0.4, 0.5) is 0 Å². The predicted octanol–water partition coefficient (Wildman–Crippen LogP) is 4.62. The average Bonchev–Trinajstić information content (AvgIpc) is 3.03. The molecule has 2 amide bonds. The highest BCUT2D eigenvalue weighted by Crippen LogP contribution is 2.53. The smallest absolute Gasteiger partial charge is 0.266 e. The number of carbonyl (C=O) groups excluding carboxylic acids is 2. The zero-order chi connectivity index (χ0) is 22.2. The monoisotopic (exact) mass is 470 g/mol. The fourth-order valence-electron chi connectivity index (χ4n) is 6.36. The predicted molar refractivity (Wildman–Crippen MR) is 131 cm³/mol. The van der Waals surface area contributed by atoms with Crippen molar-refractivity contribution in [2.45, 2.75) is 51.0 Å². The molecule has 4 saturated carbocycles. The molecule has 0 atom stereocenters. The molecule has 4 aliphatic carbocycles. The molecule has 5 aliphatic rings. The Kier molecular flexibility index (Phi) is 6.30. The second-order valence-corrected chi connectivity index (χ2v) is 11.4. The van der Waals surface area contributed by atoms with Crippen molar-refractivity contribution in [1.29, 1.82) is 0 Å². The van der Waals surface area contributed by atoms with Crippen molar-refractivity contribution >= 4 is 46.2 Å². The molecule has 170 valence electrons. The van der Waals surface area contributed by atoms with Crippen LogP contribution in [-0.2, 0) is 9.59 Å². The van der Waals surface area contributed by atoms with Crippen molar-refractivity contribution in [1.82, 2.24) is 10.2 Å². The van der Waals surface area contributed by atoms with Crippen LogP contribution in [0.25, 0.3) is 6.08 Å². The first-order chi connectivity index (χ1) is 15.5. The third kappa shape index (κ3) is 4.46. The van der Waals surface area contributed by atoms with E-state index in [-0.39, 0.29) is 11.8 Å². The topological polar surface area (TPSA) is 58.6 Å². The maximum atomic E-state index is 12.8. The summed E-state index contributed by atoms with van der Waals surface area (Å²) < 4.78 is 5.75. The van der Waals surface area contributed by atoms with Gasteiger partial charge in [0.25, 0.3) is 5.91 Å². The van der Waals surface area contributed by atoms with Crippen LogP contribution in [0.5, 0.6) is 5.75 Å². The van der Waals surface area contributed by atoms with Gasteiger partial charge in [-0.25, -0.2) is 0 Å². The molecule has 1 N–H and O–H groups in total. The highest BCUT2D eigenvalue weighted by atomic mass is 32.2. The van der Waals surface area contributed by atoms with E-state index in [1.165, 1.54) is 43.9 Å². The van der Waals surface area contributed by atoms with Crippen molar-refractivity contribution in [3.8, 4) is 5.75 Å². The van der Waals surface area contributed by atoms with E-state index in [9.17, 15) is 9.59 Å². The third-order valence-electron chi connectivity index (χ3n) is 7.63. The summed E-state index contributed by atoms with van der Waals surface area (Å²) in [5, 5.41) is 3.36. The Hall–Kier alpha value is -1.86. The lowest BCUT2D eigenvalue weighted by molar-refractivity contribution is -0.126. The van der Waals surface area contributed by atoms with E-state index in [4.69, 9.17) is 17.0 Å². The minimum atomic E-state index is -0.0720. The Morgan fingerprint density at radius 3 is 2.44 bits per heavy atom. The number of thioether (sulfide) groups is 1. The molecule has 1 saturated heterocycles. The number of carbonyl (C=O) groups is 2. The summed E-state index contributed by atoms with van der Waals surface area (Å²) >= 11 is 6.76. The van der Waals surface area contributed by atoms with E-state index >= 15 is 0 Å². The van der Waals surface area contributed by atoms with Crippen molar-refractivity contribution in [3.63, 3.8) is 0 Å². The Morgan fingerprint density at radius 2 is 1.81 bits per heavy atom. The molecule has 5 nitrogen and oxygen atoms in total. The molecule has 0 unspecified atom stereocenters. The fraction of sp³-hybridized carbons (Fsp3) is 0.560. The minimum Gasteiger partial charge on any atom is -0.497 e. The molecular formula is C25H30N2O3S2. The Balaban J connectivity index is 1.11. The molecule has 1 aromatic carbocycles. The van der Waals surface area contributed by atoms with Gasteiger partial charge >= 0.3 is 0 Å². The van der Waals surface area contributed by atoms with E-state index in [1.54, 1.807) is 12.0 Å². The van der Waals surface area contributed by atoms with Crippen LogP contribution in [0.1, 0.15) is 50.5 Å². The molecular weight excluding hydrogens is 440 g/mol. The number of nitrogens with zero attached hydrogens (tertiary/aromatic N) is 1. The summed E-state index contributed by atoms with van der Waals surface area (Å²) in [6.07, 6.45) is 9.55.